The summed E-state index contributed by atoms with van der Waals surface area (Å²) >= 11 is 0. The summed E-state index contributed by atoms with van der Waals surface area (Å²) < 4.78 is 2.03. The van der Waals surface area contributed by atoms with Crippen LogP contribution in [-0.4, -0.2) is 38.8 Å². The summed E-state index contributed by atoms with van der Waals surface area (Å²) in [6.45, 7) is 2.09. The Bertz CT molecular complexity index is 878. The van der Waals surface area contributed by atoms with Crippen LogP contribution in [0.1, 0.15) is 17.8 Å². The lowest BCUT2D eigenvalue weighted by Crippen LogP contribution is -2.38. The number of para-hydroxylation sites is 1. The molecule has 1 aliphatic heterocycles. The van der Waals surface area contributed by atoms with E-state index in [4.69, 9.17) is 0 Å². The summed E-state index contributed by atoms with van der Waals surface area (Å²) in [6, 6.07) is 20.1. The molecule has 2 amide bonds. The highest BCUT2D eigenvalue weighted by Crippen LogP contribution is 2.21. The number of hydrogen-bond donors (Lipinski definition) is 1. The van der Waals surface area contributed by atoms with E-state index in [2.05, 4.69) is 15.5 Å². The van der Waals surface area contributed by atoms with Gasteiger partial charge in [0, 0.05) is 31.7 Å². The number of aromatic nitrogens is 3. The second-order valence-electron chi connectivity index (χ2n) is 6.90. The molecule has 3 aromatic rings. The molecule has 2 heterocycles. The van der Waals surface area contributed by atoms with E-state index in [1.165, 1.54) is 0 Å². The summed E-state index contributed by atoms with van der Waals surface area (Å²) in [7, 11) is 0. The third kappa shape index (κ3) is 4.16. The lowest BCUT2D eigenvalue weighted by molar-refractivity contribution is 0.206. The van der Waals surface area contributed by atoms with Gasteiger partial charge in [0.15, 0.2) is 0 Å². The Morgan fingerprint density at radius 1 is 1.07 bits per heavy atom. The number of benzene rings is 2. The van der Waals surface area contributed by atoms with Crippen LogP contribution in [0, 0.1) is 5.92 Å². The smallest absolute Gasteiger partial charge is 0.317 e. The van der Waals surface area contributed by atoms with E-state index in [0.29, 0.717) is 12.5 Å². The van der Waals surface area contributed by atoms with Crippen LogP contribution in [0.25, 0.3) is 5.69 Å². The summed E-state index contributed by atoms with van der Waals surface area (Å²) in [6.07, 6.45) is 3.56. The van der Waals surface area contributed by atoms with Gasteiger partial charge in [0.25, 0.3) is 0 Å². The van der Waals surface area contributed by atoms with Crippen LogP contribution in [0.2, 0.25) is 0 Å². The maximum Gasteiger partial charge on any atom is 0.317 e. The van der Waals surface area contributed by atoms with Gasteiger partial charge >= 0.3 is 6.03 Å². The van der Waals surface area contributed by atoms with Gasteiger partial charge in [0.1, 0.15) is 12.2 Å². The van der Waals surface area contributed by atoms with Crippen LogP contribution >= 0.6 is 0 Å². The van der Waals surface area contributed by atoms with E-state index in [1.54, 1.807) is 6.33 Å². The minimum Gasteiger partial charge on any atom is -0.334 e. The maximum atomic E-state index is 12.4. The first-order valence-electron chi connectivity index (χ1n) is 9.30. The van der Waals surface area contributed by atoms with Crippen molar-refractivity contribution in [1.82, 2.24) is 25.0 Å². The molecule has 1 fully saturated rings. The summed E-state index contributed by atoms with van der Waals surface area (Å²) in [5, 5.41) is 11.4. The minimum atomic E-state index is 0.00544. The van der Waals surface area contributed by atoms with Crippen LogP contribution < -0.4 is 5.32 Å². The predicted octanol–water partition coefficient (Wildman–Crippen LogP) is 3.04. The lowest BCUT2D eigenvalue weighted by Gasteiger charge is -2.17. The summed E-state index contributed by atoms with van der Waals surface area (Å²) in [4.78, 5) is 14.3. The van der Waals surface area contributed by atoms with Gasteiger partial charge in [-0.1, -0.05) is 48.5 Å². The molecule has 4 rings (SSSR count). The zero-order valence-electron chi connectivity index (χ0n) is 15.2. The molecular weight excluding hydrogens is 338 g/mol. The first-order chi connectivity index (χ1) is 13.3. The van der Waals surface area contributed by atoms with Crippen LogP contribution in [0.3, 0.4) is 0 Å². The summed E-state index contributed by atoms with van der Waals surface area (Å²) in [5.41, 5.74) is 2.17. The monoisotopic (exact) mass is 361 g/mol. The van der Waals surface area contributed by atoms with Crippen molar-refractivity contribution < 1.29 is 4.79 Å². The molecule has 0 aliphatic carbocycles. The fourth-order valence-electron chi connectivity index (χ4n) is 3.53. The first kappa shape index (κ1) is 17.3. The van der Waals surface area contributed by atoms with Crippen molar-refractivity contribution in [2.24, 2.45) is 5.92 Å². The average Bonchev–Trinajstić information content (AvgIpc) is 3.38. The number of nitrogens with zero attached hydrogens (tertiary/aromatic N) is 4. The van der Waals surface area contributed by atoms with E-state index in [-0.39, 0.29) is 6.03 Å². The number of amides is 2. The maximum absolute atomic E-state index is 12.4. The van der Waals surface area contributed by atoms with E-state index in [9.17, 15) is 4.79 Å². The zero-order chi connectivity index (χ0) is 18.5. The Balaban J connectivity index is 1.33. The average molecular weight is 361 g/mol. The standard InChI is InChI=1S/C21H23N5O/c27-21(22-14-17-7-3-1-4-8-17)25-12-11-18(15-25)13-20-24-23-16-26(20)19-9-5-2-6-10-19/h1-10,16,18H,11-15H2,(H,22,27). The molecule has 0 spiro atoms. The molecule has 1 atom stereocenters. The fourth-order valence-corrected chi connectivity index (χ4v) is 3.53. The molecule has 1 N–H and O–H groups in total. The molecule has 6 nitrogen and oxygen atoms in total. The van der Waals surface area contributed by atoms with E-state index >= 15 is 0 Å². The molecular formula is C21H23N5O. The molecule has 27 heavy (non-hydrogen) atoms. The van der Waals surface area contributed by atoms with Gasteiger partial charge in [-0.2, -0.15) is 0 Å². The van der Waals surface area contributed by atoms with E-state index < -0.39 is 0 Å². The largest absolute Gasteiger partial charge is 0.334 e. The number of rotatable bonds is 5. The van der Waals surface area contributed by atoms with Crippen molar-refractivity contribution in [3.05, 3.63) is 78.4 Å². The highest BCUT2D eigenvalue weighted by Gasteiger charge is 2.27. The SMILES string of the molecule is O=C(NCc1ccccc1)N1CCC(Cc2nncn2-c2ccccc2)C1. The Morgan fingerprint density at radius 3 is 2.59 bits per heavy atom. The summed E-state index contributed by atoms with van der Waals surface area (Å²) in [5.74, 6) is 1.34. The van der Waals surface area contributed by atoms with Gasteiger partial charge in [0.2, 0.25) is 0 Å². The van der Waals surface area contributed by atoms with Gasteiger partial charge in [-0.25, -0.2) is 4.79 Å². The Morgan fingerprint density at radius 2 is 1.81 bits per heavy atom. The Labute approximate surface area is 158 Å². The van der Waals surface area contributed by atoms with Crippen molar-refractivity contribution in [2.45, 2.75) is 19.4 Å². The van der Waals surface area contributed by atoms with Crippen LogP contribution in [-0.2, 0) is 13.0 Å². The molecule has 138 valence electrons. The van der Waals surface area contributed by atoms with Crippen LogP contribution in [0.15, 0.2) is 67.0 Å². The van der Waals surface area contributed by atoms with Gasteiger partial charge in [0.05, 0.1) is 0 Å². The van der Waals surface area contributed by atoms with Crippen molar-refractivity contribution in [3.63, 3.8) is 0 Å². The number of hydrogen-bond acceptors (Lipinski definition) is 3. The Hall–Kier alpha value is -3.15. The zero-order valence-corrected chi connectivity index (χ0v) is 15.2. The van der Waals surface area contributed by atoms with Crippen molar-refractivity contribution in [1.29, 1.82) is 0 Å². The van der Waals surface area contributed by atoms with E-state index in [1.807, 2.05) is 70.1 Å². The molecule has 2 aromatic carbocycles. The molecule has 0 saturated carbocycles. The van der Waals surface area contributed by atoms with Gasteiger partial charge < -0.3 is 10.2 Å². The van der Waals surface area contributed by atoms with Gasteiger partial charge in [-0.05, 0) is 30.0 Å². The predicted molar refractivity (Wildman–Crippen MR) is 103 cm³/mol. The van der Waals surface area contributed by atoms with Crippen LogP contribution in [0.5, 0.6) is 0 Å². The number of nitrogens with one attached hydrogen (secondary N) is 1. The van der Waals surface area contributed by atoms with Crippen molar-refractivity contribution in [3.8, 4) is 5.69 Å². The second kappa shape index (κ2) is 8.03. The highest BCUT2D eigenvalue weighted by atomic mass is 16.2. The van der Waals surface area contributed by atoms with E-state index in [0.717, 1.165) is 43.0 Å². The minimum absolute atomic E-state index is 0.00544. The molecule has 1 saturated heterocycles. The second-order valence-corrected chi connectivity index (χ2v) is 6.90. The number of carbonyl (C=O) groups is 1. The van der Waals surface area contributed by atoms with Crippen molar-refractivity contribution >= 4 is 6.03 Å². The number of likely N-dealkylation sites (tertiary alicyclic amines) is 1. The fraction of sp³-hybridized carbons (Fsp3) is 0.286. The molecule has 1 unspecified atom stereocenters. The molecule has 0 bridgehead atoms. The highest BCUT2D eigenvalue weighted by molar-refractivity contribution is 5.74. The van der Waals surface area contributed by atoms with Crippen molar-refractivity contribution in [2.75, 3.05) is 13.1 Å². The quantitative estimate of drug-likeness (QED) is 0.760. The molecule has 6 heteroatoms. The third-order valence-corrected chi connectivity index (χ3v) is 4.98. The first-order valence-corrected chi connectivity index (χ1v) is 9.30. The van der Waals surface area contributed by atoms with Crippen LogP contribution in [0.4, 0.5) is 4.79 Å². The lowest BCUT2D eigenvalue weighted by atomic mass is 10.0. The number of carbonyl (C=O) groups excluding carboxylic acids is 1. The molecule has 0 radical (unpaired) electrons. The third-order valence-electron chi connectivity index (χ3n) is 4.98. The molecule has 1 aliphatic rings. The number of urea groups is 1. The Kier molecular flexibility index (Phi) is 5.14. The van der Waals surface area contributed by atoms with Gasteiger partial charge in [-0.15, -0.1) is 10.2 Å². The molecule has 1 aromatic heterocycles. The van der Waals surface area contributed by atoms with Gasteiger partial charge in [-0.3, -0.25) is 4.57 Å². The normalized spacial score (nSPS) is 16.4. The topological polar surface area (TPSA) is 63.1 Å².